The van der Waals surface area contributed by atoms with E-state index >= 15 is 0 Å². The number of nitrogens with zero attached hydrogens (tertiary/aromatic N) is 1. The molecule has 1 aliphatic carbocycles. The molecule has 0 bridgehead atoms. The number of rotatable bonds is 3. The molecule has 1 aromatic rings. The Labute approximate surface area is 141 Å². The lowest BCUT2D eigenvalue weighted by Gasteiger charge is -2.34. The number of piperidine rings is 1. The van der Waals surface area contributed by atoms with E-state index in [9.17, 15) is 5.11 Å². The highest BCUT2D eigenvalue weighted by atomic mass is 16.3. The topological polar surface area (TPSA) is 23.5 Å². The second kappa shape index (κ2) is 8.65. The third kappa shape index (κ3) is 4.92. The minimum absolute atomic E-state index is 0.266. The smallest absolute Gasteiger partial charge is 0.0793 e. The highest BCUT2D eigenvalue weighted by Crippen LogP contribution is 2.29. The first kappa shape index (κ1) is 16.7. The molecule has 0 amide bonds. The first-order valence-electron chi connectivity index (χ1n) is 9.49. The second-order valence-corrected chi connectivity index (χ2v) is 7.30. The maximum Gasteiger partial charge on any atom is 0.0793 e. The highest BCUT2D eigenvalue weighted by molar-refractivity contribution is 5.53. The SMILES string of the molecule is O[C@H]1/C(=C/c2ccccc2)CCCCC[C@H]1CN1CCCCC1. The Bertz CT molecular complexity index is 490. The Kier molecular flexibility index (Phi) is 6.29. The fraction of sp³-hybridized carbons (Fsp3) is 0.619. The van der Waals surface area contributed by atoms with Gasteiger partial charge in [0.05, 0.1) is 6.10 Å². The van der Waals surface area contributed by atoms with E-state index in [-0.39, 0.29) is 6.10 Å². The Morgan fingerprint density at radius 1 is 0.957 bits per heavy atom. The van der Waals surface area contributed by atoms with Crippen LogP contribution in [0.3, 0.4) is 0 Å². The first-order chi connectivity index (χ1) is 11.3. The number of aliphatic hydroxyl groups is 1. The zero-order valence-corrected chi connectivity index (χ0v) is 14.3. The minimum atomic E-state index is -0.266. The van der Waals surface area contributed by atoms with Crippen molar-refractivity contribution in [1.29, 1.82) is 0 Å². The molecular weight excluding hydrogens is 282 g/mol. The summed E-state index contributed by atoms with van der Waals surface area (Å²) >= 11 is 0. The van der Waals surface area contributed by atoms with Crippen molar-refractivity contribution in [3.05, 3.63) is 41.5 Å². The number of aliphatic hydroxyl groups excluding tert-OH is 1. The third-order valence-corrected chi connectivity index (χ3v) is 5.46. The van der Waals surface area contributed by atoms with Crippen LogP contribution in [0.25, 0.3) is 6.08 Å². The van der Waals surface area contributed by atoms with Crippen molar-refractivity contribution in [2.75, 3.05) is 19.6 Å². The summed E-state index contributed by atoms with van der Waals surface area (Å²) in [4.78, 5) is 2.58. The lowest BCUT2D eigenvalue weighted by molar-refractivity contribution is 0.0853. The quantitative estimate of drug-likeness (QED) is 0.888. The zero-order chi connectivity index (χ0) is 15.9. The molecule has 1 heterocycles. The van der Waals surface area contributed by atoms with Gasteiger partial charge in [-0.05, 0) is 56.3 Å². The lowest BCUT2D eigenvalue weighted by Crippen LogP contribution is -2.39. The van der Waals surface area contributed by atoms with Crippen LogP contribution in [0.4, 0.5) is 0 Å². The Balaban J connectivity index is 1.71. The van der Waals surface area contributed by atoms with E-state index < -0.39 is 0 Å². The monoisotopic (exact) mass is 313 g/mol. The molecule has 0 radical (unpaired) electrons. The van der Waals surface area contributed by atoms with Crippen LogP contribution in [0.15, 0.2) is 35.9 Å². The van der Waals surface area contributed by atoms with Crippen LogP contribution in [0.1, 0.15) is 56.9 Å². The molecule has 2 atom stereocenters. The van der Waals surface area contributed by atoms with Crippen LogP contribution >= 0.6 is 0 Å². The summed E-state index contributed by atoms with van der Waals surface area (Å²) in [5.74, 6) is 0.406. The molecule has 126 valence electrons. The molecule has 1 N–H and O–H groups in total. The van der Waals surface area contributed by atoms with Crippen molar-refractivity contribution >= 4 is 6.08 Å². The van der Waals surface area contributed by atoms with E-state index in [4.69, 9.17) is 0 Å². The standard InChI is InChI=1S/C21H31NO/c23-21-19(16-18-10-4-1-5-11-18)12-6-2-7-13-20(21)17-22-14-8-3-9-15-22/h1,4-5,10-11,16,20-21,23H,2-3,6-9,12-15,17H2/b19-16+/t20-,21-/m0/s1. The number of hydrogen-bond donors (Lipinski definition) is 1. The summed E-state index contributed by atoms with van der Waals surface area (Å²) in [6.07, 6.45) is 12.0. The van der Waals surface area contributed by atoms with Gasteiger partial charge in [-0.25, -0.2) is 0 Å². The summed E-state index contributed by atoms with van der Waals surface area (Å²) in [5.41, 5.74) is 2.47. The zero-order valence-electron chi connectivity index (χ0n) is 14.3. The van der Waals surface area contributed by atoms with Gasteiger partial charge < -0.3 is 10.0 Å². The first-order valence-corrected chi connectivity index (χ1v) is 9.49. The van der Waals surface area contributed by atoms with Crippen molar-refractivity contribution in [1.82, 2.24) is 4.90 Å². The van der Waals surface area contributed by atoms with Gasteiger partial charge in [-0.1, -0.05) is 55.7 Å². The van der Waals surface area contributed by atoms with Crippen LogP contribution in [0, 0.1) is 5.92 Å². The Morgan fingerprint density at radius 2 is 1.70 bits per heavy atom. The average molecular weight is 313 g/mol. The average Bonchev–Trinajstić information content (AvgIpc) is 2.59. The van der Waals surface area contributed by atoms with Crippen LogP contribution in [0.5, 0.6) is 0 Å². The Hall–Kier alpha value is -1.12. The molecule has 23 heavy (non-hydrogen) atoms. The number of likely N-dealkylation sites (tertiary alicyclic amines) is 1. The van der Waals surface area contributed by atoms with Gasteiger partial charge in [-0.2, -0.15) is 0 Å². The molecule has 0 aromatic heterocycles. The van der Waals surface area contributed by atoms with Gasteiger partial charge in [0, 0.05) is 12.5 Å². The second-order valence-electron chi connectivity index (χ2n) is 7.30. The van der Waals surface area contributed by atoms with E-state index in [2.05, 4.69) is 41.3 Å². The molecule has 1 saturated carbocycles. The molecule has 1 saturated heterocycles. The predicted octanol–water partition coefficient (Wildman–Crippen LogP) is 4.50. The summed E-state index contributed by atoms with van der Waals surface area (Å²) < 4.78 is 0. The van der Waals surface area contributed by atoms with Crippen LogP contribution in [0.2, 0.25) is 0 Å². The molecule has 2 aliphatic rings. The van der Waals surface area contributed by atoms with Gasteiger partial charge in [-0.15, -0.1) is 0 Å². The molecular formula is C21H31NO. The molecule has 2 nitrogen and oxygen atoms in total. The van der Waals surface area contributed by atoms with E-state index in [1.807, 2.05) is 0 Å². The van der Waals surface area contributed by atoms with Gasteiger partial charge in [0.2, 0.25) is 0 Å². The van der Waals surface area contributed by atoms with Gasteiger partial charge in [0.25, 0.3) is 0 Å². The van der Waals surface area contributed by atoms with Crippen molar-refractivity contribution in [3.63, 3.8) is 0 Å². The normalized spacial score (nSPS) is 29.2. The van der Waals surface area contributed by atoms with Crippen molar-refractivity contribution in [2.24, 2.45) is 5.92 Å². The lowest BCUT2D eigenvalue weighted by atomic mass is 9.84. The van der Waals surface area contributed by atoms with E-state index in [0.717, 1.165) is 13.0 Å². The third-order valence-electron chi connectivity index (χ3n) is 5.46. The van der Waals surface area contributed by atoms with Gasteiger partial charge in [0.1, 0.15) is 0 Å². The summed E-state index contributed by atoms with van der Waals surface area (Å²) in [6.45, 7) is 3.52. The van der Waals surface area contributed by atoms with Crippen molar-refractivity contribution < 1.29 is 5.11 Å². The molecule has 2 fully saturated rings. The van der Waals surface area contributed by atoms with E-state index in [0.29, 0.717) is 5.92 Å². The van der Waals surface area contributed by atoms with Crippen LogP contribution in [-0.4, -0.2) is 35.7 Å². The largest absolute Gasteiger partial charge is 0.388 e. The maximum absolute atomic E-state index is 11.0. The number of benzene rings is 1. The van der Waals surface area contributed by atoms with Crippen molar-refractivity contribution in [2.45, 2.75) is 57.5 Å². The molecule has 1 aliphatic heterocycles. The molecule has 3 rings (SSSR count). The predicted molar refractivity (Wildman–Crippen MR) is 97.3 cm³/mol. The summed E-state index contributed by atoms with van der Waals surface area (Å²) in [5, 5.41) is 11.0. The molecule has 1 aromatic carbocycles. The van der Waals surface area contributed by atoms with Crippen LogP contribution < -0.4 is 0 Å². The molecule has 0 unspecified atom stereocenters. The summed E-state index contributed by atoms with van der Waals surface area (Å²) in [7, 11) is 0. The van der Waals surface area contributed by atoms with E-state index in [1.165, 1.54) is 69.2 Å². The van der Waals surface area contributed by atoms with Crippen molar-refractivity contribution in [3.8, 4) is 0 Å². The highest BCUT2D eigenvalue weighted by Gasteiger charge is 2.26. The van der Waals surface area contributed by atoms with Gasteiger partial charge >= 0.3 is 0 Å². The fourth-order valence-corrected chi connectivity index (χ4v) is 4.11. The minimum Gasteiger partial charge on any atom is -0.388 e. The Morgan fingerprint density at radius 3 is 2.48 bits per heavy atom. The fourth-order valence-electron chi connectivity index (χ4n) is 4.11. The molecule has 2 heteroatoms. The maximum atomic E-state index is 11.0. The van der Waals surface area contributed by atoms with Gasteiger partial charge in [-0.3, -0.25) is 0 Å². The summed E-state index contributed by atoms with van der Waals surface area (Å²) in [6, 6.07) is 10.5. The van der Waals surface area contributed by atoms with Crippen LogP contribution in [-0.2, 0) is 0 Å². The van der Waals surface area contributed by atoms with Gasteiger partial charge in [0.15, 0.2) is 0 Å². The molecule has 0 spiro atoms. The number of hydrogen-bond acceptors (Lipinski definition) is 2. The van der Waals surface area contributed by atoms with E-state index in [1.54, 1.807) is 0 Å².